The maximum Gasteiger partial charge on any atom is 0.410 e. The highest BCUT2D eigenvalue weighted by Crippen LogP contribution is 2.44. The van der Waals surface area contributed by atoms with Gasteiger partial charge in [0.25, 0.3) is 5.91 Å². The van der Waals surface area contributed by atoms with Crippen molar-refractivity contribution < 1.29 is 18.0 Å². The van der Waals surface area contributed by atoms with Gasteiger partial charge in [-0.1, -0.05) is 47.3 Å². The van der Waals surface area contributed by atoms with Gasteiger partial charge in [-0.15, -0.1) is 0 Å². The van der Waals surface area contributed by atoms with Gasteiger partial charge in [0, 0.05) is 16.9 Å². The van der Waals surface area contributed by atoms with E-state index in [1.807, 2.05) is 0 Å². The van der Waals surface area contributed by atoms with Crippen molar-refractivity contribution in [3.8, 4) is 0 Å². The Labute approximate surface area is 175 Å². The number of aromatic nitrogens is 2. The summed E-state index contributed by atoms with van der Waals surface area (Å²) in [6, 6.07) is 4.86. The minimum atomic E-state index is -4.46. The van der Waals surface area contributed by atoms with E-state index in [1.54, 1.807) is 24.3 Å². The predicted octanol–water partition coefficient (Wildman–Crippen LogP) is 5.37. The number of amides is 1. The van der Waals surface area contributed by atoms with E-state index in [2.05, 4.69) is 31.7 Å². The van der Waals surface area contributed by atoms with Crippen molar-refractivity contribution in [3.05, 3.63) is 46.1 Å². The summed E-state index contributed by atoms with van der Waals surface area (Å²) in [4.78, 5) is 12.8. The molecule has 0 spiro atoms. The second-order valence-electron chi connectivity index (χ2n) is 7.70. The van der Waals surface area contributed by atoms with E-state index in [9.17, 15) is 18.0 Å². The highest BCUT2D eigenvalue weighted by molar-refractivity contribution is 9.10. The first-order valence-corrected chi connectivity index (χ1v) is 10.6. The number of halogens is 4. The summed E-state index contributed by atoms with van der Waals surface area (Å²) in [6.07, 6.45) is 1.64. The molecular weight excluding hydrogens is 449 g/mol. The van der Waals surface area contributed by atoms with Crippen molar-refractivity contribution in [2.45, 2.75) is 62.8 Å². The first-order valence-electron chi connectivity index (χ1n) is 9.80. The molecule has 29 heavy (non-hydrogen) atoms. The number of benzene rings is 1. The molecule has 1 aliphatic carbocycles. The monoisotopic (exact) mass is 470 g/mol. The summed E-state index contributed by atoms with van der Waals surface area (Å²) in [5.74, 6) is -0.247. The molecule has 1 saturated carbocycles. The Morgan fingerprint density at radius 1 is 1.17 bits per heavy atom. The smallest absolute Gasteiger partial charge is 0.363 e. The number of fused-ring (bicyclic) bond motifs is 1. The largest absolute Gasteiger partial charge is 0.410 e. The van der Waals surface area contributed by atoms with Crippen LogP contribution >= 0.6 is 15.9 Å². The SMILES string of the molecule is O=C(NC1CCCCC1)c1cnn2c1N[C@@H](c1ccc(Br)cc1)C[C@H]2C(F)(F)F. The summed E-state index contributed by atoms with van der Waals surface area (Å²) in [7, 11) is 0. The Morgan fingerprint density at radius 2 is 1.86 bits per heavy atom. The first kappa shape index (κ1) is 20.3. The van der Waals surface area contributed by atoms with Gasteiger partial charge >= 0.3 is 6.18 Å². The maximum atomic E-state index is 13.8. The third-order valence-electron chi connectivity index (χ3n) is 5.70. The Morgan fingerprint density at radius 3 is 2.52 bits per heavy atom. The zero-order valence-electron chi connectivity index (χ0n) is 15.7. The van der Waals surface area contributed by atoms with Gasteiger partial charge in [0.1, 0.15) is 11.4 Å². The summed E-state index contributed by atoms with van der Waals surface area (Å²) in [5, 5.41) is 10.0. The van der Waals surface area contributed by atoms with Crippen molar-refractivity contribution >= 4 is 27.7 Å². The van der Waals surface area contributed by atoms with Crippen molar-refractivity contribution in [3.63, 3.8) is 0 Å². The van der Waals surface area contributed by atoms with E-state index in [-0.39, 0.29) is 29.8 Å². The van der Waals surface area contributed by atoms with Crippen molar-refractivity contribution in [2.75, 3.05) is 5.32 Å². The Balaban J connectivity index is 1.64. The second kappa shape index (κ2) is 8.01. The third-order valence-corrected chi connectivity index (χ3v) is 6.22. The molecule has 9 heteroatoms. The van der Waals surface area contributed by atoms with Crippen LogP contribution in [-0.4, -0.2) is 27.9 Å². The fourth-order valence-corrected chi connectivity index (χ4v) is 4.42. The molecule has 5 nitrogen and oxygen atoms in total. The van der Waals surface area contributed by atoms with Crippen LogP contribution in [0.5, 0.6) is 0 Å². The van der Waals surface area contributed by atoms with Crippen molar-refractivity contribution in [1.29, 1.82) is 0 Å². The van der Waals surface area contributed by atoms with Gasteiger partial charge < -0.3 is 10.6 Å². The van der Waals surface area contributed by atoms with E-state index in [0.29, 0.717) is 0 Å². The number of nitrogens with zero attached hydrogens (tertiary/aromatic N) is 2. The van der Waals surface area contributed by atoms with E-state index < -0.39 is 18.3 Å². The highest BCUT2D eigenvalue weighted by atomic mass is 79.9. The Bertz CT molecular complexity index is 875. The van der Waals surface area contributed by atoms with Crippen LogP contribution in [0.2, 0.25) is 0 Å². The number of anilines is 1. The quantitative estimate of drug-likeness (QED) is 0.633. The molecule has 2 atom stereocenters. The molecule has 0 unspecified atom stereocenters. The maximum absolute atomic E-state index is 13.8. The number of carbonyl (C=O) groups excluding carboxylic acids is 1. The van der Waals surface area contributed by atoms with Gasteiger partial charge in [0.2, 0.25) is 0 Å². The lowest BCUT2D eigenvalue weighted by Crippen LogP contribution is -2.38. The van der Waals surface area contributed by atoms with Crippen LogP contribution in [0.25, 0.3) is 0 Å². The lowest BCUT2D eigenvalue weighted by atomic mass is 9.95. The molecule has 2 aliphatic rings. The summed E-state index contributed by atoms with van der Waals surface area (Å²) >= 11 is 3.34. The van der Waals surface area contributed by atoms with Crippen LogP contribution in [0.4, 0.5) is 19.0 Å². The van der Waals surface area contributed by atoms with Gasteiger partial charge in [-0.25, -0.2) is 4.68 Å². The van der Waals surface area contributed by atoms with Gasteiger partial charge in [0.15, 0.2) is 6.04 Å². The van der Waals surface area contributed by atoms with Crippen LogP contribution in [0.15, 0.2) is 34.9 Å². The molecule has 1 aromatic heterocycles. The first-order chi connectivity index (χ1) is 13.8. The molecule has 1 aromatic carbocycles. The molecule has 4 rings (SSSR count). The molecule has 1 fully saturated rings. The van der Waals surface area contributed by atoms with Crippen LogP contribution in [0, 0.1) is 0 Å². The predicted molar refractivity (Wildman–Crippen MR) is 107 cm³/mol. The zero-order chi connectivity index (χ0) is 20.6. The molecule has 0 radical (unpaired) electrons. The fraction of sp³-hybridized carbons (Fsp3) is 0.500. The average molecular weight is 471 g/mol. The van der Waals surface area contributed by atoms with Crippen LogP contribution < -0.4 is 10.6 Å². The standard InChI is InChI=1S/C20H22BrF3N4O/c21-13-8-6-12(7-9-13)16-10-17(20(22,23)24)28-18(27-16)15(11-25-28)19(29)26-14-4-2-1-3-5-14/h6-9,11,14,16-17,27H,1-5,10H2,(H,26,29)/t16-,17+/m1/s1. The van der Waals surface area contributed by atoms with Crippen LogP contribution in [0.3, 0.4) is 0 Å². The summed E-state index contributed by atoms with van der Waals surface area (Å²) < 4.78 is 43.0. The van der Waals surface area contributed by atoms with Gasteiger partial charge in [-0.2, -0.15) is 18.3 Å². The fourth-order valence-electron chi connectivity index (χ4n) is 4.15. The highest BCUT2D eigenvalue weighted by Gasteiger charge is 2.47. The molecule has 0 bridgehead atoms. The van der Waals surface area contributed by atoms with Gasteiger partial charge in [-0.05, 0) is 30.5 Å². The number of rotatable bonds is 3. The normalized spacial score (nSPS) is 22.6. The Hall–Kier alpha value is -2.03. The minimum Gasteiger partial charge on any atom is -0.363 e. The molecule has 2 heterocycles. The molecule has 0 saturated heterocycles. The number of alkyl halides is 3. The minimum absolute atomic E-state index is 0.0658. The number of carbonyl (C=O) groups is 1. The summed E-state index contributed by atoms with van der Waals surface area (Å²) in [5.41, 5.74) is 0.889. The topological polar surface area (TPSA) is 59.0 Å². The third kappa shape index (κ3) is 4.29. The van der Waals surface area contributed by atoms with Crippen molar-refractivity contribution in [2.24, 2.45) is 0 Å². The molecule has 1 aliphatic heterocycles. The van der Waals surface area contributed by atoms with Crippen LogP contribution in [-0.2, 0) is 0 Å². The average Bonchev–Trinajstić information content (AvgIpc) is 3.12. The molecule has 156 valence electrons. The second-order valence-corrected chi connectivity index (χ2v) is 8.62. The number of nitrogens with one attached hydrogen (secondary N) is 2. The summed E-state index contributed by atoms with van der Waals surface area (Å²) in [6.45, 7) is 0. The van der Waals surface area contributed by atoms with Crippen molar-refractivity contribution in [1.82, 2.24) is 15.1 Å². The van der Waals surface area contributed by atoms with Gasteiger partial charge in [0.05, 0.1) is 12.2 Å². The van der Waals surface area contributed by atoms with Gasteiger partial charge in [-0.3, -0.25) is 4.79 Å². The molecule has 1 amide bonds. The zero-order valence-corrected chi connectivity index (χ0v) is 17.3. The lowest BCUT2D eigenvalue weighted by molar-refractivity contribution is -0.173. The molecule has 2 aromatic rings. The Kier molecular flexibility index (Phi) is 5.59. The lowest BCUT2D eigenvalue weighted by Gasteiger charge is -2.34. The number of hydrogen-bond donors (Lipinski definition) is 2. The van der Waals surface area contributed by atoms with E-state index in [4.69, 9.17) is 0 Å². The van der Waals surface area contributed by atoms with E-state index in [1.165, 1.54) is 6.20 Å². The van der Waals surface area contributed by atoms with Crippen LogP contribution in [0.1, 0.15) is 66.5 Å². The number of hydrogen-bond acceptors (Lipinski definition) is 3. The van der Waals surface area contributed by atoms with E-state index >= 15 is 0 Å². The molecular formula is C20H22BrF3N4O. The molecule has 2 N–H and O–H groups in total. The van der Waals surface area contributed by atoms with E-state index in [0.717, 1.165) is 46.8 Å².